The topological polar surface area (TPSA) is 71.5 Å². The number of carbonyl (C=O) groups excluding carboxylic acids is 4. The lowest BCUT2D eigenvalue weighted by Crippen LogP contribution is -2.57. The van der Waals surface area contributed by atoms with E-state index in [0.717, 1.165) is 8.95 Å². The Morgan fingerprint density at radius 2 is 0.867 bits per heavy atom. The van der Waals surface area contributed by atoms with Crippen LogP contribution in [0.1, 0.15) is 64.5 Å². The average molecular weight is 717 g/mol. The fourth-order valence-corrected chi connectivity index (χ4v) is 8.53. The van der Waals surface area contributed by atoms with Crippen LogP contribution in [0.3, 0.4) is 0 Å². The largest absolute Gasteiger partial charge is 0.343 e. The summed E-state index contributed by atoms with van der Waals surface area (Å²) in [6, 6.07) is 36.6. The summed E-state index contributed by atoms with van der Waals surface area (Å²) in [5.74, 6) is -2.78. The standard InChI is InChI=1S/C38H23Br2NO4/c39-24-18-14-22(15-19-24)31-37(33(42)27-10-4-5-11-28(27)34(37)43)32(23-16-20-25(40)21-17-23)41(26-8-2-1-3-9-26)38(31)35(44)29-12-6-7-13-30(29)36(38)45/h1-21,31-32H/t31-,32+/m0/s1. The van der Waals surface area contributed by atoms with Crippen molar-refractivity contribution in [3.05, 3.63) is 170 Å². The number of nitrogens with zero attached hydrogens (tertiary/aromatic N) is 1. The smallest absolute Gasteiger partial charge is 0.197 e. The summed E-state index contributed by atoms with van der Waals surface area (Å²) >= 11 is 7.05. The Hall–Kier alpha value is -4.46. The summed E-state index contributed by atoms with van der Waals surface area (Å²) in [4.78, 5) is 62.7. The molecule has 2 aliphatic carbocycles. The number of benzene rings is 5. The third-order valence-corrected chi connectivity index (χ3v) is 10.7. The second-order valence-electron chi connectivity index (χ2n) is 11.7. The Balaban J connectivity index is 1.58. The Morgan fingerprint density at radius 3 is 1.33 bits per heavy atom. The molecule has 7 heteroatoms. The minimum Gasteiger partial charge on any atom is -0.343 e. The molecule has 3 aliphatic rings. The lowest BCUT2D eigenvalue weighted by molar-refractivity contribution is 0.0619. The minimum atomic E-state index is -1.94. The van der Waals surface area contributed by atoms with Crippen LogP contribution >= 0.6 is 31.9 Å². The molecule has 2 atom stereocenters. The van der Waals surface area contributed by atoms with Gasteiger partial charge in [-0.05, 0) is 47.5 Å². The van der Waals surface area contributed by atoms with Gasteiger partial charge in [0.05, 0.1) is 6.04 Å². The summed E-state index contributed by atoms with van der Waals surface area (Å²) in [5, 5.41) is 0. The molecule has 1 heterocycles. The highest BCUT2D eigenvalue weighted by molar-refractivity contribution is 9.10. The van der Waals surface area contributed by atoms with Crippen molar-refractivity contribution in [3.63, 3.8) is 0 Å². The van der Waals surface area contributed by atoms with Gasteiger partial charge in [0.2, 0.25) is 0 Å². The van der Waals surface area contributed by atoms with Crippen LogP contribution in [0.25, 0.3) is 0 Å². The quantitative estimate of drug-likeness (QED) is 0.175. The van der Waals surface area contributed by atoms with E-state index in [1.54, 1.807) is 53.4 Å². The van der Waals surface area contributed by atoms with Gasteiger partial charge in [-0.15, -0.1) is 0 Å². The van der Waals surface area contributed by atoms with Gasteiger partial charge in [0.25, 0.3) is 0 Å². The zero-order chi connectivity index (χ0) is 31.1. The first kappa shape index (κ1) is 28.0. The fourth-order valence-electron chi connectivity index (χ4n) is 8.00. The molecule has 218 valence electrons. The number of fused-ring (bicyclic) bond motifs is 2. The van der Waals surface area contributed by atoms with E-state index in [0.29, 0.717) is 27.9 Å². The van der Waals surface area contributed by atoms with E-state index in [1.807, 2.05) is 78.9 Å². The Kier molecular flexibility index (Phi) is 6.25. The van der Waals surface area contributed by atoms with E-state index < -0.39 is 46.0 Å². The Morgan fingerprint density at radius 1 is 0.467 bits per heavy atom. The highest BCUT2D eigenvalue weighted by atomic mass is 79.9. The molecule has 5 aromatic carbocycles. The summed E-state index contributed by atoms with van der Waals surface area (Å²) in [5.41, 5.74) is -0.858. The number of ketones is 4. The lowest BCUT2D eigenvalue weighted by Gasteiger charge is -2.40. The molecule has 0 radical (unpaired) electrons. The van der Waals surface area contributed by atoms with E-state index >= 15 is 19.2 Å². The van der Waals surface area contributed by atoms with Crippen LogP contribution in [0.4, 0.5) is 5.69 Å². The first-order valence-electron chi connectivity index (χ1n) is 14.6. The molecule has 1 aliphatic heterocycles. The normalized spacial score (nSPS) is 20.7. The molecule has 8 rings (SSSR count). The third-order valence-electron chi connectivity index (χ3n) is 9.64. The summed E-state index contributed by atoms with van der Waals surface area (Å²) in [6.07, 6.45) is 0. The van der Waals surface area contributed by atoms with Gasteiger partial charge < -0.3 is 4.90 Å². The van der Waals surface area contributed by atoms with E-state index in [2.05, 4.69) is 31.9 Å². The molecular formula is C38H23Br2NO4. The molecule has 2 spiro atoms. The van der Waals surface area contributed by atoms with E-state index in [4.69, 9.17) is 0 Å². The molecule has 0 amide bonds. The first-order valence-corrected chi connectivity index (χ1v) is 16.1. The molecule has 1 fully saturated rings. The number of rotatable bonds is 3. The number of hydrogen-bond donors (Lipinski definition) is 0. The summed E-state index contributed by atoms with van der Waals surface area (Å²) in [6.45, 7) is 0. The summed E-state index contributed by atoms with van der Waals surface area (Å²) in [7, 11) is 0. The van der Waals surface area contributed by atoms with Crippen molar-refractivity contribution in [2.24, 2.45) is 5.41 Å². The van der Waals surface area contributed by atoms with Crippen molar-refractivity contribution in [3.8, 4) is 0 Å². The van der Waals surface area contributed by atoms with Crippen LogP contribution in [0.15, 0.2) is 136 Å². The lowest BCUT2D eigenvalue weighted by atomic mass is 9.60. The monoisotopic (exact) mass is 715 g/mol. The maximum absolute atomic E-state index is 15.2. The predicted molar refractivity (Wildman–Crippen MR) is 178 cm³/mol. The maximum atomic E-state index is 15.2. The van der Waals surface area contributed by atoms with Gasteiger partial charge in [0, 0.05) is 42.8 Å². The van der Waals surface area contributed by atoms with E-state index in [-0.39, 0.29) is 11.1 Å². The van der Waals surface area contributed by atoms with Crippen molar-refractivity contribution in [2.45, 2.75) is 17.5 Å². The van der Waals surface area contributed by atoms with Crippen molar-refractivity contribution < 1.29 is 19.2 Å². The Bertz CT molecular complexity index is 2000. The molecule has 0 bridgehead atoms. The van der Waals surface area contributed by atoms with Gasteiger partial charge in [-0.2, -0.15) is 0 Å². The zero-order valence-electron chi connectivity index (χ0n) is 23.6. The molecule has 0 unspecified atom stereocenters. The van der Waals surface area contributed by atoms with Crippen LogP contribution < -0.4 is 4.90 Å². The molecule has 0 N–H and O–H groups in total. The van der Waals surface area contributed by atoms with Gasteiger partial charge in [0.1, 0.15) is 5.41 Å². The number of Topliss-reactive ketones (excluding diaryl/α,β-unsaturated/α-hetero) is 4. The van der Waals surface area contributed by atoms with Crippen LogP contribution in [0.5, 0.6) is 0 Å². The van der Waals surface area contributed by atoms with Crippen LogP contribution in [0, 0.1) is 5.41 Å². The zero-order valence-corrected chi connectivity index (χ0v) is 26.8. The number of hydrogen-bond acceptors (Lipinski definition) is 5. The molecular weight excluding hydrogens is 694 g/mol. The van der Waals surface area contributed by atoms with Crippen molar-refractivity contribution in [2.75, 3.05) is 4.90 Å². The van der Waals surface area contributed by atoms with Crippen molar-refractivity contribution >= 4 is 60.7 Å². The third kappa shape index (κ3) is 3.54. The number of para-hydroxylation sites is 1. The minimum absolute atomic E-state index is 0.285. The molecule has 1 saturated heterocycles. The van der Waals surface area contributed by atoms with E-state index in [1.165, 1.54) is 0 Å². The fraction of sp³-hybridized carbons (Fsp3) is 0.105. The number of carbonyl (C=O) groups is 4. The molecule has 0 saturated carbocycles. The van der Waals surface area contributed by atoms with Crippen LogP contribution in [-0.4, -0.2) is 28.7 Å². The average Bonchev–Trinajstić information content (AvgIpc) is 3.57. The molecule has 5 nitrogen and oxygen atoms in total. The highest BCUT2D eigenvalue weighted by Crippen LogP contribution is 2.69. The molecule has 5 aromatic rings. The van der Waals surface area contributed by atoms with Crippen molar-refractivity contribution in [1.29, 1.82) is 0 Å². The SMILES string of the molecule is O=C1c2ccccc2C(=O)C12[C@@H](c1ccc(Br)cc1)N(c1ccccc1)C1(C(=O)c3ccccc3C1=O)[C@H]2c1ccc(Br)cc1. The first-order chi connectivity index (χ1) is 21.8. The molecule has 45 heavy (non-hydrogen) atoms. The van der Waals surface area contributed by atoms with E-state index in [9.17, 15) is 0 Å². The van der Waals surface area contributed by atoms with Gasteiger partial charge in [-0.3, -0.25) is 19.2 Å². The van der Waals surface area contributed by atoms with Crippen molar-refractivity contribution in [1.82, 2.24) is 0 Å². The van der Waals surface area contributed by atoms with Gasteiger partial charge >= 0.3 is 0 Å². The molecule has 0 aromatic heterocycles. The second-order valence-corrected chi connectivity index (χ2v) is 13.5. The maximum Gasteiger partial charge on any atom is 0.197 e. The Labute approximate surface area is 276 Å². The number of anilines is 1. The van der Waals surface area contributed by atoms with Gasteiger partial charge in [0.15, 0.2) is 28.7 Å². The van der Waals surface area contributed by atoms with Crippen LogP contribution in [0.2, 0.25) is 0 Å². The van der Waals surface area contributed by atoms with Gasteiger partial charge in [-0.25, -0.2) is 0 Å². The second kappa shape index (κ2) is 10.0. The number of halogens is 2. The van der Waals surface area contributed by atoms with Crippen LogP contribution in [-0.2, 0) is 0 Å². The van der Waals surface area contributed by atoms with Gasteiger partial charge in [-0.1, -0.05) is 123 Å². The predicted octanol–water partition coefficient (Wildman–Crippen LogP) is 8.44. The summed E-state index contributed by atoms with van der Waals surface area (Å²) < 4.78 is 1.60. The highest BCUT2D eigenvalue weighted by Gasteiger charge is 2.80.